The van der Waals surface area contributed by atoms with E-state index in [1.807, 2.05) is 18.7 Å². The number of nitrogens with zero attached hydrogens (tertiary/aromatic N) is 3. The molecule has 2 heterocycles. The highest BCUT2D eigenvalue weighted by Crippen LogP contribution is 2.36. The summed E-state index contributed by atoms with van der Waals surface area (Å²) in [7, 11) is 1.37. The molecule has 0 amide bonds. The first-order chi connectivity index (χ1) is 10.7. The summed E-state index contributed by atoms with van der Waals surface area (Å²) in [6.45, 7) is 4.90. The smallest absolute Gasteiger partial charge is 0.419 e. The molecule has 0 aliphatic carbocycles. The molecular weight excluding hydrogens is 311 g/mol. The number of piperidine rings is 1. The van der Waals surface area contributed by atoms with Crippen LogP contribution in [0, 0.1) is 11.3 Å². The molecular formula is C15H20F3N3O2. The van der Waals surface area contributed by atoms with Crippen molar-refractivity contribution in [1.29, 1.82) is 0 Å². The molecule has 0 radical (unpaired) electrons. The molecule has 0 unspecified atom stereocenters. The maximum Gasteiger partial charge on any atom is 0.419 e. The highest BCUT2D eigenvalue weighted by molar-refractivity contribution is 5.76. The van der Waals surface area contributed by atoms with Crippen LogP contribution in [0.5, 0.6) is 0 Å². The molecule has 0 spiro atoms. The molecule has 0 aromatic carbocycles. The van der Waals surface area contributed by atoms with E-state index in [0.29, 0.717) is 13.1 Å². The summed E-state index contributed by atoms with van der Waals surface area (Å²) in [5, 5.41) is 0. The highest BCUT2D eigenvalue weighted by atomic mass is 19.4. The number of anilines is 1. The van der Waals surface area contributed by atoms with E-state index < -0.39 is 17.2 Å². The zero-order valence-corrected chi connectivity index (χ0v) is 13.4. The summed E-state index contributed by atoms with van der Waals surface area (Å²) >= 11 is 0. The van der Waals surface area contributed by atoms with Crippen molar-refractivity contribution < 1.29 is 22.7 Å². The van der Waals surface area contributed by atoms with E-state index in [-0.39, 0.29) is 17.8 Å². The van der Waals surface area contributed by atoms with Gasteiger partial charge in [-0.1, -0.05) is 0 Å². The minimum absolute atomic E-state index is 0.153. The fourth-order valence-corrected chi connectivity index (χ4v) is 2.86. The Hall–Kier alpha value is -1.86. The SMILES string of the molecule is COC(=O)C(C)(C)C1CCN(c2ncc(C(F)(F)F)cn2)CC1. The van der Waals surface area contributed by atoms with Crippen LogP contribution in [0.3, 0.4) is 0 Å². The normalized spacial score (nSPS) is 17.2. The largest absolute Gasteiger partial charge is 0.469 e. The lowest BCUT2D eigenvalue weighted by Crippen LogP contribution is -2.43. The Bertz CT molecular complexity index is 550. The number of ether oxygens (including phenoxy) is 1. The lowest BCUT2D eigenvalue weighted by molar-refractivity contribution is -0.154. The maximum absolute atomic E-state index is 12.5. The predicted octanol–water partition coefficient (Wildman–Crippen LogP) is 2.91. The molecule has 1 aromatic heterocycles. The number of esters is 1. The van der Waals surface area contributed by atoms with Crippen LogP contribution in [0.2, 0.25) is 0 Å². The molecule has 0 atom stereocenters. The van der Waals surface area contributed by atoms with Crippen molar-refractivity contribution in [3.8, 4) is 0 Å². The average Bonchev–Trinajstić information content (AvgIpc) is 2.53. The van der Waals surface area contributed by atoms with Gasteiger partial charge in [0.15, 0.2) is 0 Å². The molecule has 1 aliphatic rings. The van der Waals surface area contributed by atoms with E-state index in [0.717, 1.165) is 25.2 Å². The Morgan fingerprint density at radius 1 is 1.22 bits per heavy atom. The van der Waals surface area contributed by atoms with Gasteiger partial charge in [-0.3, -0.25) is 4.79 Å². The molecule has 0 bridgehead atoms. The molecule has 23 heavy (non-hydrogen) atoms. The van der Waals surface area contributed by atoms with Gasteiger partial charge in [0.1, 0.15) is 0 Å². The van der Waals surface area contributed by atoms with E-state index >= 15 is 0 Å². The van der Waals surface area contributed by atoms with Gasteiger partial charge in [0.25, 0.3) is 0 Å². The van der Waals surface area contributed by atoms with Crippen molar-refractivity contribution in [1.82, 2.24) is 9.97 Å². The van der Waals surface area contributed by atoms with Crippen LogP contribution in [0.1, 0.15) is 32.3 Å². The predicted molar refractivity (Wildman–Crippen MR) is 77.8 cm³/mol. The first-order valence-corrected chi connectivity index (χ1v) is 7.39. The first-order valence-electron chi connectivity index (χ1n) is 7.39. The fraction of sp³-hybridized carbons (Fsp3) is 0.667. The minimum Gasteiger partial charge on any atom is -0.469 e. The summed E-state index contributed by atoms with van der Waals surface area (Å²) in [5.74, 6) is 0.190. The summed E-state index contributed by atoms with van der Waals surface area (Å²) < 4.78 is 42.4. The Morgan fingerprint density at radius 2 is 1.74 bits per heavy atom. The number of aromatic nitrogens is 2. The van der Waals surface area contributed by atoms with Gasteiger partial charge < -0.3 is 9.64 Å². The molecule has 2 rings (SSSR count). The standard InChI is InChI=1S/C15H20F3N3O2/c1-14(2,12(22)23-3)10-4-6-21(7-5-10)13-19-8-11(9-20-13)15(16,17)18/h8-10H,4-7H2,1-3H3. The summed E-state index contributed by atoms with van der Waals surface area (Å²) in [4.78, 5) is 21.3. The lowest BCUT2D eigenvalue weighted by Gasteiger charge is -2.38. The van der Waals surface area contributed by atoms with Crippen LogP contribution >= 0.6 is 0 Å². The summed E-state index contributed by atoms with van der Waals surface area (Å²) in [5.41, 5.74) is -1.44. The van der Waals surface area contributed by atoms with Crippen molar-refractivity contribution in [3.05, 3.63) is 18.0 Å². The van der Waals surface area contributed by atoms with Crippen LogP contribution in [-0.2, 0) is 15.7 Å². The molecule has 5 nitrogen and oxygen atoms in total. The number of rotatable bonds is 3. The molecule has 1 fully saturated rings. The van der Waals surface area contributed by atoms with Crippen molar-refractivity contribution >= 4 is 11.9 Å². The second-order valence-electron chi connectivity index (χ2n) is 6.24. The molecule has 0 saturated carbocycles. The Morgan fingerprint density at radius 3 is 2.17 bits per heavy atom. The zero-order chi connectivity index (χ0) is 17.3. The Balaban J connectivity index is 2.01. The molecule has 1 saturated heterocycles. The molecule has 0 N–H and O–H groups in total. The van der Waals surface area contributed by atoms with Crippen LogP contribution in [0.4, 0.5) is 19.1 Å². The first kappa shape index (κ1) is 17.5. The maximum atomic E-state index is 12.5. The van der Waals surface area contributed by atoms with Crippen LogP contribution in [-0.4, -0.2) is 36.1 Å². The van der Waals surface area contributed by atoms with E-state index in [1.165, 1.54) is 7.11 Å². The monoisotopic (exact) mass is 331 g/mol. The third-order valence-electron chi connectivity index (χ3n) is 4.48. The number of halogens is 3. The minimum atomic E-state index is -4.43. The number of alkyl halides is 3. The van der Waals surface area contributed by atoms with Crippen LogP contribution < -0.4 is 4.90 Å². The summed E-state index contributed by atoms with van der Waals surface area (Å²) in [6.07, 6.45) is -1.38. The van der Waals surface area contributed by atoms with E-state index in [9.17, 15) is 18.0 Å². The number of hydrogen-bond donors (Lipinski definition) is 0. The Kier molecular flexibility index (Phi) is 4.81. The topological polar surface area (TPSA) is 55.3 Å². The number of methoxy groups -OCH3 is 1. The molecule has 1 aromatic rings. The van der Waals surface area contributed by atoms with Crippen molar-refractivity contribution in [2.75, 3.05) is 25.1 Å². The van der Waals surface area contributed by atoms with E-state index in [2.05, 4.69) is 9.97 Å². The third-order valence-corrected chi connectivity index (χ3v) is 4.48. The van der Waals surface area contributed by atoms with Crippen molar-refractivity contribution in [3.63, 3.8) is 0 Å². The average molecular weight is 331 g/mol. The number of hydrogen-bond acceptors (Lipinski definition) is 5. The van der Waals surface area contributed by atoms with Gasteiger partial charge >= 0.3 is 12.1 Å². The Labute approximate surface area is 132 Å². The van der Waals surface area contributed by atoms with Crippen LogP contribution in [0.25, 0.3) is 0 Å². The van der Waals surface area contributed by atoms with E-state index in [4.69, 9.17) is 4.74 Å². The van der Waals surface area contributed by atoms with Gasteiger partial charge in [-0.2, -0.15) is 13.2 Å². The number of carbonyl (C=O) groups excluding carboxylic acids is 1. The van der Waals surface area contributed by atoms with Crippen LogP contribution in [0.15, 0.2) is 12.4 Å². The zero-order valence-electron chi connectivity index (χ0n) is 13.4. The van der Waals surface area contributed by atoms with Crippen molar-refractivity contribution in [2.45, 2.75) is 32.9 Å². The molecule has 128 valence electrons. The molecule has 1 aliphatic heterocycles. The van der Waals surface area contributed by atoms with E-state index in [1.54, 1.807) is 0 Å². The van der Waals surface area contributed by atoms with Gasteiger partial charge in [0, 0.05) is 25.5 Å². The second-order valence-corrected chi connectivity index (χ2v) is 6.24. The van der Waals surface area contributed by atoms with Gasteiger partial charge in [-0.15, -0.1) is 0 Å². The second kappa shape index (κ2) is 6.33. The van der Waals surface area contributed by atoms with Gasteiger partial charge in [-0.25, -0.2) is 9.97 Å². The van der Waals surface area contributed by atoms with Crippen molar-refractivity contribution in [2.24, 2.45) is 11.3 Å². The van der Waals surface area contributed by atoms with Gasteiger partial charge in [-0.05, 0) is 32.6 Å². The molecule has 8 heteroatoms. The summed E-state index contributed by atoms with van der Waals surface area (Å²) in [6, 6.07) is 0. The van der Waals surface area contributed by atoms with Gasteiger partial charge in [0.2, 0.25) is 5.95 Å². The number of carbonyl (C=O) groups is 1. The van der Waals surface area contributed by atoms with Gasteiger partial charge in [0.05, 0.1) is 18.1 Å². The highest BCUT2D eigenvalue weighted by Gasteiger charge is 2.39. The lowest BCUT2D eigenvalue weighted by atomic mass is 9.73. The third kappa shape index (κ3) is 3.73. The fourth-order valence-electron chi connectivity index (χ4n) is 2.86. The quantitative estimate of drug-likeness (QED) is 0.797.